The molecular formula is C27H31NO4S. The SMILES string of the molecule is CC(C)c1cccc(C(C)C)c1OS(=O)(=O)NC(=O)C(C)(c1ccccc1)c1ccccc1. The predicted octanol–water partition coefficient (Wildman–Crippen LogP) is 5.68. The Balaban J connectivity index is 2.01. The van der Waals surface area contributed by atoms with Crippen molar-refractivity contribution in [1.82, 2.24) is 4.72 Å². The minimum Gasteiger partial charge on any atom is -0.366 e. The third-order valence-corrected chi connectivity index (χ3v) is 6.71. The molecule has 0 aliphatic rings. The quantitative estimate of drug-likeness (QED) is 0.465. The van der Waals surface area contributed by atoms with Gasteiger partial charge in [0, 0.05) is 0 Å². The highest BCUT2D eigenvalue weighted by Crippen LogP contribution is 2.36. The molecule has 0 spiro atoms. The molecule has 0 bridgehead atoms. The van der Waals surface area contributed by atoms with Gasteiger partial charge in [0.2, 0.25) is 0 Å². The molecule has 0 saturated carbocycles. The van der Waals surface area contributed by atoms with Crippen molar-refractivity contribution >= 4 is 16.2 Å². The van der Waals surface area contributed by atoms with Gasteiger partial charge < -0.3 is 4.18 Å². The number of hydrogen-bond donors (Lipinski definition) is 1. The van der Waals surface area contributed by atoms with E-state index in [9.17, 15) is 13.2 Å². The number of rotatable bonds is 8. The van der Waals surface area contributed by atoms with Gasteiger partial charge in [-0.3, -0.25) is 4.79 Å². The molecule has 0 heterocycles. The Labute approximate surface area is 197 Å². The first-order valence-electron chi connectivity index (χ1n) is 11.1. The monoisotopic (exact) mass is 465 g/mol. The van der Waals surface area contributed by atoms with Gasteiger partial charge in [-0.05, 0) is 41.0 Å². The van der Waals surface area contributed by atoms with E-state index in [1.807, 2.05) is 107 Å². The average Bonchev–Trinajstić information content (AvgIpc) is 2.78. The van der Waals surface area contributed by atoms with Gasteiger partial charge in [0.25, 0.3) is 5.91 Å². The number of hydrogen-bond acceptors (Lipinski definition) is 4. The maximum absolute atomic E-state index is 13.5. The second kappa shape index (κ2) is 9.79. The largest absolute Gasteiger partial charge is 0.409 e. The number of carbonyl (C=O) groups is 1. The van der Waals surface area contributed by atoms with E-state index in [1.54, 1.807) is 6.92 Å². The molecule has 33 heavy (non-hydrogen) atoms. The molecule has 5 nitrogen and oxygen atoms in total. The maximum atomic E-state index is 13.5. The van der Waals surface area contributed by atoms with Gasteiger partial charge in [0.05, 0.1) is 5.41 Å². The van der Waals surface area contributed by atoms with E-state index in [4.69, 9.17) is 4.18 Å². The Morgan fingerprint density at radius 2 is 1.18 bits per heavy atom. The standard InChI is InChI=1S/C27H31NO4S/c1-19(2)23-17-12-18-24(20(3)4)25(23)32-33(30,31)28-26(29)27(5,21-13-8-6-9-14-21)22-15-10-7-11-16-22/h6-20H,1-5H3,(H,28,29). The van der Waals surface area contributed by atoms with Gasteiger partial charge in [0.15, 0.2) is 5.75 Å². The van der Waals surface area contributed by atoms with Crippen molar-refractivity contribution in [1.29, 1.82) is 0 Å². The van der Waals surface area contributed by atoms with Gasteiger partial charge in [-0.25, -0.2) is 4.72 Å². The van der Waals surface area contributed by atoms with Crippen LogP contribution in [0.3, 0.4) is 0 Å². The first-order valence-corrected chi connectivity index (χ1v) is 12.5. The van der Waals surface area contributed by atoms with Crippen LogP contribution < -0.4 is 8.91 Å². The van der Waals surface area contributed by atoms with Crippen molar-refractivity contribution in [2.45, 2.75) is 51.9 Å². The molecular weight excluding hydrogens is 434 g/mol. The van der Waals surface area contributed by atoms with Gasteiger partial charge in [-0.2, -0.15) is 8.42 Å². The summed E-state index contributed by atoms with van der Waals surface area (Å²) < 4.78 is 34.0. The lowest BCUT2D eigenvalue weighted by Gasteiger charge is -2.29. The fourth-order valence-electron chi connectivity index (χ4n) is 3.90. The van der Waals surface area contributed by atoms with Crippen LogP contribution in [0, 0.1) is 0 Å². The van der Waals surface area contributed by atoms with Crippen LogP contribution in [0.5, 0.6) is 5.75 Å². The van der Waals surface area contributed by atoms with E-state index < -0.39 is 21.6 Å². The van der Waals surface area contributed by atoms with Crippen LogP contribution in [0.15, 0.2) is 78.9 Å². The van der Waals surface area contributed by atoms with Gasteiger partial charge in [-0.15, -0.1) is 0 Å². The molecule has 3 aromatic carbocycles. The summed E-state index contributed by atoms with van der Waals surface area (Å²) in [6.07, 6.45) is 0. The number of benzene rings is 3. The topological polar surface area (TPSA) is 72.5 Å². The highest BCUT2D eigenvalue weighted by molar-refractivity contribution is 7.85. The van der Waals surface area contributed by atoms with Crippen LogP contribution in [0.1, 0.15) is 68.7 Å². The predicted molar refractivity (Wildman–Crippen MR) is 132 cm³/mol. The lowest BCUT2D eigenvalue weighted by Crippen LogP contribution is -2.47. The maximum Gasteiger partial charge on any atom is 0.409 e. The van der Waals surface area contributed by atoms with Gasteiger partial charge >= 0.3 is 10.3 Å². The van der Waals surface area contributed by atoms with Crippen LogP contribution in [-0.2, 0) is 20.5 Å². The molecule has 1 amide bonds. The van der Waals surface area contributed by atoms with E-state index >= 15 is 0 Å². The summed E-state index contributed by atoms with van der Waals surface area (Å²) in [6, 6.07) is 23.8. The lowest BCUT2D eigenvalue weighted by atomic mass is 9.75. The van der Waals surface area contributed by atoms with Crippen LogP contribution >= 0.6 is 0 Å². The zero-order valence-electron chi connectivity index (χ0n) is 19.7. The Hall–Kier alpha value is -3.12. The minimum absolute atomic E-state index is 0.0449. The van der Waals surface area contributed by atoms with E-state index in [2.05, 4.69) is 4.72 Å². The highest BCUT2D eigenvalue weighted by Gasteiger charge is 2.39. The molecule has 0 saturated heterocycles. The van der Waals surface area contributed by atoms with Crippen molar-refractivity contribution < 1.29 is 17.4 Å². The van der Waals surface area contributed by atoms with Crippen LogP contribution in [0.25, 0.3) is 0 Å². The molecule has 174 valence electrons. The average molecular weight is 466 g/mol. The molecule has 3 aromatic rings. The Bertz CT molecular complexity index is 1140. The molecule has 0 radical (unpaired) electrons. The molecule has 3 rings (SSSR count). The summed E-state index contributed by atoms with van der Waals surface area (Å²) in [6.45, 7) is 9.60. The fourth-order valence-corrected chi connectivity index (χ4v) is 4.78. The van der Waals surface area contributed by atoms with Crippen LogP contribution in [0.2, 0.25) is 0 Å². The second-order valence-electron chi connectivity index (χ2n) is 8.90. The summed E-state index contributed by atoms with van der Waals surface area (Å²) in [5.41, 5.74) is 1.65. The minimum atomic E-state index is -4.44. The summed E-state index contributed by atoms with van der Waals surface area (Å²) in [7, 11) is -4.44. The zero-order chi connectivity index (χ0) is 24.2. The first-order chi connectivity index (χ1) is 15.6. The summed E-state index contributed by atoms with van der Waals surface area (Å²) in [4.78, 5) is 13.5. The van der Waals surface area contributed by atoms with Crippen molar-refractivity contribution in [3.63, 3.8) is 0 Å². The summed E-state index contributed by atoms with van der Waals surface area (Å²) >= 11 is 0. The first kappa shape index (κ1) is 24.5. The number of nitrogens with one attached hydrogen (secondary N) is 1. The van der Waals surface area contributed by atoms with E-state index in [0.29, 0.717) is 11.1 Å². The Kier molecular flexibility index (Phi) is 7.28. The molecule has 0 fully saturated rings. The van der Waals surface area contributed by atoms with E-state index in [1.165, 1.54) is 0 Å². The van der Waals surface area contributed by atoms with Crippen molar-refractivity contribution in [3.05, 3.63) is 101 Å². The zero-order valence-corrected chi connectivity index (χ0v) is 20.5. The molecule has 1 N–H and O–H groups in total. The van der Waals surface area contributed by atoms with Crippen molar-refractivity contribution in [2.75, 3.05) is 0 Å². The van der Waals surface area contributed by atoms with Gasteiger partial charge in [0.1, 0.15) is 0 Å². The third kappa shape index (κ3) is 5.28. The molecule has 6 heteroatoms. The number of amides is 1. The lowest BCUT2D eigenvalue weighted by molar-refractivity contribution is -0.123. The van der Waals surface area contributed by atoms with Gasteiger partial charge in [-0.1, -0.05) is 107 Å². The molecule has 0 aliphatic heterocycles. The molecule has 0 aromatic heterocycles. The molecule has 0 unspecified atom stereocenters. The third-order valence-electron chi connectivity index (χ3n) is 5.89. The molecule has 0 atom stereocenters. The summed E-state index contributed by atoms with van der Waals surface area (Å²) in [5.74, 6) is -0.316. The van der Waals surface area contributed by atoms with Crippen LogP contribution in [0.4, 0.5) is 0 Å². The second-order valence-corrected chi connectivity index (χ2v) is 10.2. The highest BCUT2D eigenvalue weighted by atomic mass is 32.2. The number of carbonyl (C=O) groups excluding carboxylic acids is 1. The van der Waals surface area contributed by atoms with Crippen LogP contribution in [-0.4, -0.2) is 14.3 Å². The fraction of sp³-hybridized carbons (Fsp3) is 0.296. The van der Waals surface area contributed by atoms with E-state index in [0.717, 1.165) is 11.1 Å². The normalized spacial score (nSPS) is 12.1. The Morgan fingerprint density at radius 3 is 1.58 bits per heavy atom. The Morgan fingerprint density at radius 1 is 0.758 bits per heavy atom. The number of para-hydroxylation sites is 1. The molecule has 0 aliphatic carbocycles. The summed E-state index contributed by atoms with van der Waals surface area (Å²) in [5, 5.41) is 0. The van der Waals surface area contributed by atoms with Crippen molar-refractivity contribution in [3.8, 4) is 5.75 Å². The van der Waals surface area contributed by atoms with Crippen molar-refractivity contribution in [2.24, 2.45) is 0 Å². The smallest absolute Gasteiger partial charge is 0.366 e. The van der Waals surface area contributed by atoms with E-state index in [-0.39, 0.29) is 17.6 Å².